The summed E-state index contributed by atoms with van der Waals surface area (Å²) in [5.74, 6) is -0.819. The van der Waals surface area contributed by atoms with Crippen molar-refractivity contribution in [1.82, 2.24) is 5.32 Å². The second-order valence-corrected chi connectivity index (χ2v) is 6.22. The normalized spacial score (nSPS) is 23.3. The molecule has 0 saturated heterocycles. The summed E-state index contributed by atoms with van der Waals surface area (Å²) < 4.78 is 1.12. The van der Waals surface area contributed by atoms with Gasteiger partial charge in [-0.05, 0) is 43.4 Å². The van der Waals surface area contributed by atoms with E-state index in [-0.39, 0.29) is 5.92 Å². The first kappa shape index (κ1) is 14.5. The number of aliphatic carboxylic acids is 1. The summed E-state index contributed by atoms with van der Waals surface area (Å²) in [6.07, 6.45) is 3.66. The molecule has 1 aromatic rings. The Kier molecular flexibility index (Phi) is 4.99. The smallest absolute Gasteiger partial charge is 0.306 e. The Morgan fingerprint density at radius 2 is 2.26 bits per heavy atom. The highest BCUT2D eigenvalue weighted by Gasteiger charge is 2.26. The Morgan fingerprint density at radius 3 is 2.95 bits per heavy atom. The van der Waals surface area contributed by atoms with E-state index in [2.05, 4.69) is 46.4 Å². The largest absolute Gasteiger partial charge is 0.481 e. The van der Waals surface area contributed by atoms with E-state index in [9.17, 15) is 4.79 Å². The molecule has 0 aliphatic heterocycles. The van der Waals surface area contributed by atoms with E-state index in [4.69, 9.17) is 5.11 Å². The lowest BCUT2D eigenvalue weighted by Gasteiger charge is -2.27. The van der Waals surface area contributed by atoms with Gasteiger partial charge in [0.25, 0.3) is 0 Å². The van der Waals surface area contributed by atoms with Crippen molar-refractivity contribution in [2.24, 2.45) is 5.92 Å². The molecule has 1 fully saturated rings. The number of carboxylic acid groups (broad SMARTS) is 1. The summed E-state index contributed by atoms with van der Waals surface area (Å²) in [4.78, 5) is 11.0. The van der Waals surface area contributed by atoms with Crippen molar-refractivity contribution in [2.45, 2.75) is 45.2 Å². The number of benzene rings is 1. The van der Waals surface area contributed by atoms with E-state index < -0.39 is 5.97 Å². The molecule has 1 aliphatic carbocycles. The Bertz CT molecular complexity index is 461. The molecule has 2 unspecified atom stereocenters. The number of hydrogen-bond donors (Lipinski definition) is 2. The number of nitrogens with one attached hydrogen (secondary N) is 1. The minimum atomic E-state index is -0.649. The van der Waals surface area contributed by atoms with Crippen LogP contribution in [0.1, 0.15) is 36.8 Å². The molecule has 0 amide bonds. The van der Waals surface area contributed by atoms with Crippen LogP contribution in [0, 0.1) is 12.8 Å². The average molecular weight is 326 g/mol. The van der Waals surface area contributed by atoms with Crippen LogP contribution in [0.3, 0.4) is 0 Å². The molecule has 2 atom stereocenters. The molecule has 0 bridgehead atoms. The third-order valence-corrected chi connectivity index (χ3v) is 4.71. The molecule has 1 aliphatic rings. The summed E-state index contributed by atoms with van der Waals surface area (Å²) >= 11 is 3.54. The zero-order valence-electron chi connectivity index (χ0n) is 11.2. The predicted molar refractivity (Wildman–Crippen MR) is 79.1 cm³/mol. The molecule has 19 heavy (non-hydrogen) atoms. The fourth-order valence-electron chi connectivity index (χ4n) is 2.61. The lowest BCUT2D eigenvalue weighted by molar-refractivity contribution is -0.143. The van der Waals surface area contributed by atoms with E-state index >= 15 is 0 Å². The molecule has 1 saturated carbocycles. The van der Waals surface area contributed by atoms with Crippen LogP contribution in [-0.4, -0.2) is 17.1 Å². The van der Waals surface area contributed by atoms with Gasteiger partial charge in [-0.3, -0.25) is 4.79 Å². The maximum absolute atomic E-state index is 11.0. The first-order valence-electron chi connectivity index (χ1n) is 6.77. The standard InChI is InChI=1S/C15H20BrNO2/c1-10-5-6-11(7-14(10)16)9-17-13-4-2-3-12(8-13)15(18)19/h5-7,12-13,17H,2-4,8-9H2,1H3,(H,18,19). The van der Waals surface area contributed by atoms with Crippen molar-refractivity contribution in [2.75, 3.05) is 0 Å². The highest BCUT2D eigenvalue weighted by Crippen LogP contribution is 2.25. The van der Waals surface area contributed by atoms with Crippen LogP contribution in [0.5, 0.6) is 0 Å². The summed E-state index contributed by atoms with van der Waals surface area (Å²) in [6, 6.07) is 6.67. The molecule has 4 heteroatoms. The van der Waals surface area contributed by atoms with Gasteiger partial charge in [-0.1, -0.05) is 34.5 Å². The first-order chi connectivity index (χ1) is 9.06. The molecule has 1 aromatic carbocycles. The van der Waals surface area contributed by atoms with Crippen LogP contribution < -0.4 is 5.32 Å². The third kappa shape index (κ3) is 4.05. The molecule has 2 rings (SSSR count). The van der Waals surface area contributed by atoms with E-state index in [0.29, 0.717) is 6.04 Å². The Hall–Kier alpha value is -0.870. The van der Waals surface area contributed by atoms with Gasteiger partial charge in [0.2, 0.25) is 0 Å². The quantitative estimate of drug-likeness (QED) is 0.890. The van der Waals surface area contributed by atoms with E-state index in [1.54, 1.807) is 0 Å². The molecule has 0 aromatic heterocycles. The van der Waals surface area contributed by atoms with Crippen molar-refractivity contribution < 1.29 is 9.90 Å². The van der Waals surface area contributed by atoms with E-state index in [1.165, 1.54) is 11.1 Å². The number of hydrogen-bond acceptors (Lipinski definition) is 2. The van der Waals surface area contributed by atoms with Crippen molar-refractivity contribution in [1.29, 1.82) is 0 Å². The maximum Gasteiger partial charge on any atom is 0.306 e. The molecule has 2 N–H and O–H groups in total. The van der Waals surface area contributed by atoms with Gasteiger partial charge in [0.1, 0.15) is 0 Å². The van der Waals surface area contributed by atoms with Crippen molar-refractivity contribution in [3.05, 3.63) is 33.8 Å². The van der Waals surface area contributed by atoms with Gasteiger partial charge in [0.05, 0.1) is 5.92 Å². The van der Waals surface area contributed by atoms with Gasteiger partial charge >= 0.3 is 5.97 Å². The molecular weight excluding hydrogens is 306 g/mol. The highest BCUT2D eigenvalue weighted by atomic mass is 79.9. The molecule has 104 valence electrons. The lowest BCUT2D eigenvalue weighted by Crippen LogP contribution is -2.36. The monoisotopic (exact) mass is 325 g/mol. The second-order valence-electron chi connectivity index (χ2n) is 5.36. The minimum Gasteiger partial charge on any atom is -0.481 e. The molecule has 0 radical (unpaired) electrons. The number of carbonyl (C=O) groups is 1. The minimum absolute atomic E-state index is 0.170. The van der Waals surface area contributed by atoms with Gasteiger partial charge in [0.15, 0.2) is 0 Å². The van der Waals surface area contributed by atoms with Crippen molar-refractivity contribution >= 4 is 21.9 Å². The van der Waals surface area contributed by atoms with Gasteiger partial charge in [-0.15, -0.1) is 0 Å². The zero-order chi connectivity index (χ0) is 13.8. The highest BCUT2D eigenvalue weighted by molar-refractivity contribution is 9.10. The summed E-state index contributed by atoms with van der Waals surface area (Å²) in [6.45, 7) is 2.87. The van der Waals surface area contributed by atoms with Crippen molar-refractivity contribution in [3.63, 3.8) is 0 Å². The summed E-state index contributed by atoms with van der Waals surface area (Å²) in [7, 11) is 0. The van der Waals surface area contributed by atoms with Crippen LogP contribution in [-0.2, 0) is 11.3 Å². The van der Waals surface area contributed by atoms with Crippen LogP contribution in [0.4, 0.5) is 0 Å². The van der Waals surface area contributed by atoms with Crippen LogP contribution in [0.2, 0.25) is 0 Å². The van der Waals surface area contributed by atoms with Gasteiger partial charge < -0.3 is 10.4 Å². The van der Waals surface area contributed by atoms with E-state index in [0.717, 1.165) is 36.7 Å². The predicted octanol–water partition coefficient (Wildman–Crippen LogP) is 3.49. The maximum atomic E-state index is 11.0. The van der Waals surface area contributed by atoms with Gasteiger partial charge in [-0.25, -0.2) is 0 Å². The second kappa shape index (κ2) is 6.53. The summed E-state index contributed by atoms with van der Waals surface area (Å²) in [5.41, 5.74) is 2.46. The SMILES string of the molecule is Cc1ccc(CNC2CCCC(C(=O)O)C2)cc1Br. The van der Waals surface area contributed by atoms with Crippen LogP contribution >= 0.6 is 15.9 Å². The number of carboxylic acids is 1. The number of aryl methyl sites for hydroxylation is 1. The fourth-order valence-corrected chi connectivity index (χ4v) is 3.03. The lowest BCUT2D eigenvalue weighted by atomic mass is 9.86. The average Bonchev–Trinajstić information content (AvgIpc) is 2.40. The molecular formula is C15H20BrNO2. The summed E-state index contributed by atoms with van der Waals surface area (Å²) in [5, 5.41) is 12.6. The first-order valence-corrected chi connectivity index (χ1v) is 7.57. The number of rotatable bonds is 4. The molecule has 0 heterocycles. The third-order valence-electron chi connectivity index (χ3n) is 3.85. The van der Waals surface area contributed by atoms with Gasteiger partial charge in [0, 0.05) is 17.1 Å². The Morgan fingerprint density at radius 1 is 1.47 bits per heavy atom. The van der Waals surface area contributed by atoms with Crippen LogP contribution in [0.25, 0.3) is 0 Å². The Labute approximate surface area is 122 Å². The fraction of sp³-hybridized carbons (Fsp3) is 0.533. The van der Waals surface area contributed by atoms with Crippen molar-refractivity contribution in [3.8, 4) is 0 Å². The molecule has 0 spiro atoms. The zero-order valence-corrected chi connectivity index (χ0v) is 12.7. The Balaban J connectivity index is 1.87. The van der Waals surface area contributed by atoms with Crippen LogP contribution in [0.15, 0.2) is 22.7 Å². The number of halogens is 1. The molecule has 3 nitrogen and oxygen atoms in total. The van der Waals surface area contributed by atoms with Gasteiger partial charge in [-0.2, -0.15) is 0 Å². The van der Waals surface area contributed by atoms with E-state index in [1.807, 2.05) is 0 Å². The topological polar surface area (TPSA) is 49.3 Å².